The van der Waals surface area contributed by atoms with Crippen LogP contribution in [0.4, 0.5) is 4.39 Å². The van der Waals surface area contributed by atoms with E-state index >= 15 is 0 Å². The van der Waals surface area contributed by atoms with Gasteiger partial charge in [0.1, 0.15) is 34.3 Å². The first-order valence-corrected chi connectivity index (χ1v) is 8.73. The minimum absolute atomic E-state index is 0.0224. The SMILES string of the molecule is COc1cc(CNC(=O)c2c(-c3c(F)cccc3Cl)noc2C)cc(OC)c1. The maximum Gasteiger partial charge on any atom is 0.257 e. The average Bonchev–Trinajstić information content (AvgIpc) is 3.06. The summed E-state index contributed by atoms with van der Waals surface area (Å²) in [5.41, 5.74) is 0.974. The number of aryl methyl sites for hydroxylation is 1. The third-order valence-corrected chi connectivity index (χ3v) is 4.47. The number of hydrogen-bond acceptors (Lipinski definition) is 5. The number of hydrogen-bond donors (Lipinski definition) is 1. The molecule has 0 unspecified atom stereocenters. The number of methoxy groups -OCH3 is 2. The molecular weight excluding hydrogens is 387 g/mol. The summed E-state index contributed by atoms with van der Waals surface area (Å²) >= 11 is 6.11. The fourth-order valence-corrected chi connectivity index (χ4v) is 3.03. The van der Waals surface area contributed by atoms with Crippen LogP contribution in [-0.2, 0) is 6.54 Å². The lowest BCUT2D eigenvalue weighted by Gasteiger charge is -2.10. The molecule has 1 amide bonds. The third-order valence-electron chi connectivity index (χ3n) is 4.15. The molecule has 0 saturated carbocycles. The van der Waals surface area contributed by atoms with E-state index in [-0.39, 0.29) is 34.1 Å². The normalized spacial score (nSPS) is 10.6. The second-order valence-electron chi connectivity index (χ2n) is 5.96. The Kier molecular flexibility index (Phi) is 5.84. The van der Waals surface area contributed by atoms with E-state index in [9.17, 15) is 9.18 Å². The summed E-state index contributed by atoms with van der Waals surface area (Å²) in [6, 6.07) is 9.53. The number of rotatable bonds is 6. The van der Waals surface area contributed by atoms with Crippen LogP contribution in [-0.4, -0.2) is 25.3 Å². The molecule has 1 heterocycles. The second-order valence-corrected chi connectivity index (χ2v) is 6.37. The largest absolute Gasteiger partial charge is 0.497 e. The van der Waals surface area contributed by atoms with Crippen molar-refractivity contribution in [2.24, 2.45) is 0 Å². The van der Waals surface area contributed by atoms with Crippen molar-refractivity contribution in [2.45, 2.75) is 13.5 Å². The van der Waals surface area contributed by atoms with E-state index < -0.39 is 11.7 Å². The highest BCUT2D eigenvalue weighted by atomic mass is 35.5. The van der Waals surface area contributed by atoms with Crippen LogP contribution in [0.3, 0.4) is 0 Å². The van der Waals surface area contributed by atoms with Crippen LogP contribution < -0.4 is 14.8 Å². The van der Waals surface area contributed by atoms with Crippen LogP contribution >= 0.6 is 11.6 Å². The number of amides is 1. The molecule has 0 atom stereocenters. The summed E-state index contributed by atoms with van der Waals surface area (Å²) in [6.45, 7) is 1.77. The molecule has 0 radical (unpaired) electrons. The first-order valence-electron chi connectivity index (χ1n) is 8.35. The number of carbonyl (C=O) groups is 1. The van der Waals surface area contributed by atoms with Gasteiger partial charge in [-0.1, -0.05) is 22.8 Å². The number of aromatic nitrogens is 1. The predicted octanol–water partition coefficient (Wildman–Crippen LogP) is 4.39. The minimum atomic E-state index is -0.590. The molecule has 0 aliphatic rings. The molecule has 0 spiro atoms. The third kappa shape index (κ3) is 3.94. The lowest BCUT2D eigenvalue weighted by molar-refractivity contribution is 0.0950. The summed E-state index contributed by atoms with van der Waals surface area (Å²) < 4.78 is 29.9. The van der Waals surface area contributed by atoms with Crippen LogP contribution in [0.5, 0.6) is 11.5 Å². The fourth-order valence-electron chi connectivity index (χ4n) is 2.77. The van der Waals surface area contributed by atoms with Gasteiger partial charge in [0.25, 0.3) is 5.91 Å². The molecule has 0 bridgehead atoms. The van der Waals surface area contributed by atoms with Crippen molar-refractivity contribution in [2.75, 3.05) is 14.2 Å². The lowest BCUT2D eigenvalue weighted by atomic mass is 10.0. The van der Waals surface area contributed by atoms with Crippen molar-refractivity contribution >= 4 is 17.5 Å². The molecule has 1 aromatic heterocycles. The van der Waals surface area contributed by atoms with Crippen molar-refractivity contribution in [3.05, 3.63) is 64.1 Å². The Hall–Kier alpha value is -3.06. The molecule has 28 heavy (non-hydrogen) atoms. The van der Waals surface area contributed by atoms with E-state index in [4.69, 9.17) is 25.6 Å². The molecule has 0 aliphatic heterocycles. The number of carbonyl (C=O) groups excluding carboxylic acids is 1. The quantitative estimate of drug-likeness (QED) is 0.659. The highest BCUT2D eigenvalue weighted by Gasteiger charge is 2.25. The summed E-state index contributed by atoms with van der Waals surface area (Å²) in [5.74, 6) is 0.407. The van der Waals surface area contributed by atoms with Gasteiger partial charge in [0.05, 0.1) is 24.8 Å². The van der Waals surface area contributed by atoms with Crippen LogP contribution in [0.1, 0.15) is 21.7 Å². The zero-order valence-corrected chi connectivity index (χ0v) is 16.3. The smallest absolute Gasteiger partial charge is 0.257 e. The Morgan fingerprint density at radius 3 is 2.50 bits per heavy atom. The van der Waals surface area contributed by atoms with Gasteiger partial charge in [-0.2, -0.15) is 0 Å². The van der Waals surface area contributed by atoms with Crippen molar-refractivity contribution in [3.63, 3.8) is 0 Å². The van der Waals surface area contributed by atoms with Gasteiger partial charge in [0.15, 0.2) is 0 Å². The number of nitrogens with one attached hydrogen (secondary N) is 1. The van der Waals surface area contributed by atoms with Gasteiger partial charge >= 0.3 is 0 Å². The van der Waals surface area contributed by atoms with Gasteiger partial charge in [0, 0.05) is 12.6 Å². The maximum atomic E-state index is 14.3. The van der Waals surface area contributed by atoms with Crippen LogP contribution in [0, 0.1) is 12.7 Å². The van der Waals surface area contributed by atoms with Crippen molar-refractivity contribution in [1.29, 1.82) is 0 Å². The Balaban J connectivity index is 1.88. The standard InChI is InChI=1S/C20H18ClFN2O4/c1-11-17(19(24-28-11)18-15(21)5-4-6-16(18)22)20(25)23-10-12-7-13(26-2)9-14(8-12)27-3/h4-9H,10H2,1-3H3,(H,23,25). The van der Waals surface area contributed by atoms with Gasteiger partial charge in [-0.05, 0) is 36.8 Å². The predicted molar refractivity (Wildman–Crippen MR) is 102 cm³/mol. The molecule has 0 fully saturated rings. The van der Waals surface area contributed by atoms with E-state index in [1.807, 2.05) is 0 Å². The van der Waals surface area contributed by atoms with E-state index in [1.54, 1.807) is 39.3 Å². The maximum absolute atomic E-state index is 14.3. The summed E-state index contributed by atoms with van der Waals surface area (Å²) in [5, 5.41) is 6.76. The molecule has 0 saturated heterocycles. The van der Waals surface area contributed by atoms with Crippen LogP contribution in [0.15, 0.2) is 40.9 Å². The van der Waals surface area contributed by atoms with Crippen molar-refractivity contribution < 1.29 is 23.2 Å². The molecule has 0 aliphatic carbocycles. The van der Waals surface area contributed by atoms with Crippen molar-refractivity contribution in [1.82, 2.24) is 10.5 Å². The van der Waals surface area contributed by atoms with Gasteiger partial charge < -0.3 is 19.3 Å². The minimum Gasteiger partial charge on any atom is -0.497 e. The van der Waals surface area contributed by atoms with Gasteiger partial charge in [-0.15, -0.1) is 0 Å². The number of halogens is 2. The fraction of sp³-hybridized carbons (Fsp3) is 0.200. The Morgan fingerprint density at radius 2 is 1.89 bits per heavy atom. The number of ether oxygens (including phenoxy) is 2. The summed E-state index contributed by atoms with van der Waals surface area (Å²) in [7, 11) is 3.09. The van der Waals surface area contributed by atoms with E-state index in [0.717, 1.165) is 5.56 Å². The van der Waals surface area contributed by atoms with Gasteiger partial charge in [-0.25, -0.2) is 4.39 Å². The van der Waals surface area contributed by atoms with Gasteiger partial charge in [-0.3, -0.25) is 4.79 Å². The first kappa shape index (κ1) is 19.7. The molecule has 3 aromatic rings. The Morgan fingerprint density at radius 1 is 1.21 bits per heavy atom. The lowest BCUT2D eigenvalue weighted by Crippen LogP contribution is -2.23. The van der Waals surface area contributed by atoms with E-state index in [2.05, 4.69) is 10.5 Å². The number of nitrogens with zero attached hydrogens (tertiary/aromatic N) is 1. The molecule has 8 heteroatoms. The van der Waals surface area contributed by atoms with E-state index in [1.165, 1.54) is 18.2 Å². The summed E-state index contributed by atoms with van der Waals surface area (Å²) in [4.78, 5) is 12.8. The molecular formula is C20H18ClFN2O4. The van der Waals surface area contributed by atoms with Gasteiger partial charge in [0.2, 0.25) is 0 Å². The zero-order chi connectivity index (χ0) is 20.3. The monoisotopic (exact) mass is 404 g/mol. The second kappa shape index (κ2) is 8.31. The first-order chi connectivity index (χ1) is 13.4. The van der Waals surface area contributed by atoms with Crippen LogP contribution in [0.2, 0.25) is 5.02 Å². The van der Waals surface area contributed by atoms with Crippen LogP contribution in [0.25, 0.3) is 11.3 Å². The Bertz CT molecular complexity index is 977. The summed E-state index contributed by atoms with van der Waals surface area (Å²) in [6.07, 6.45) is 0. The molecule has 3 rings (SSSR count). The average molecular weight is 405 g/mol. The number of benzene rings is 2. The molecule has 6 nitrogen and oxygen atoms in total. The zero-order valence-electron chi connectivity index (χ0n) is 15.5. The van der Waals surface area contributed by atoms with E-state index in [0.29, 0.717) is 11.5 Å². The molecule has 146 valence electrons. The molecule has 2 aromatic carbocycles. The van der Waals surface area contributed by atoms with Crippen molar-refractivity contribution in [3.8, 4) is 22.8 Å². The Labute approximate surface area is 166 Å². The topological polar surface area (TPSA) is 73.6 Å². The molecule has 1 N–H and O–H groups in total. The highest BCUT2D eigenvalue weighted by molar-refractivity contribution is 6.33. The highest BCUT2D eigenvalue weighted by Crippen LogP contribution is 2.33.